The van der Waals surface area contributed by atoms with E-state index in [0.29, 0.717) is 19.3 Å². The Morgan fingerprint density at radius 3 is 2.17 bits per heavy atom. The summed E-state index contributed by atoms with van der Waals surface area (Å²) in [6, 6.07) is 8.54. The van der Waals surface area contributed by atoms with Gasteiger partial charge in [-0.25, -0.2) is 4.99 Å². The van der Waals surface area contributed by atoms with Crippen LogP contribution in [0.3, 0.4) is 0 Å². The van der Waals surface area contributed by atoms with Gasteiger partial charge in [0.15, 0.2) is 5.96 Å². The van der Waals surface area contributed by atoms with E-state index in [2.05, 4.69) is 29.3 Å². The second-order valence-electron chi connectivity index (χ2n) is 6.34. The van der Waals surface area contributed by atoms with E-state index in [1.807, 2.05) is 38.0 Å². The van der Waals surface area contributed by atoms with Crippen LogP contribution >= 0.6 is 0 Å². The standard InChI is InChI=1S/C18H29N3O2/c1-20(2)18(21(3)4)19-13-15-5-7-16(8-6-15)14-23-17-9-11-22-12-10-17/h5-8,17H,9-14H2,1-4H3. The van der Waals surface area contributed by atoms with Crippen LogP contribution in [0.25, 0.3) is 0 Å². The summed E-state index contributed by atoms with van der Waals surface area (Å²) in [4.78, 5) is 8.71. The Morgan fingerprint density at radius 1 is 1.04 bits per heavy atom. The van der Waals surface area contributed by atoms with Gasteiger partial charge in [0.25, 0.3) is 0 Å². The molecule has 0 amide bonds. The normalized spacial score (nSPS) is 15.3. The van der Waals surface area contributed by atoms with Gasteiger partial charge in [-0.1, -0.05) is 24.3 Å². The largest absolute Gasteiger partial charge is 0.381 e. The first-order valence-electron chi connectivity index (χ1n) is 8.22. The predicted octanol–water partition coefficient (Wildman–Crippen LogP) is 2.36. The van der Waals surface area contributed by atoms with Crippen LogP contribution in [0.2, 0.25) is 0 Å². The van der Waals surface area contributed by atoms with Crippen molar-refractivity contribution < 1.29 is 9.47 Å². The zero-order chi connectivity index (χ0) is 16.7. The molecule has 1 heterocycles. The van der Waals surface area contributed by atoms with Gasteiger partial charge in [0.1, 0.15) is 0 Å². The summed E-state index contributed by atoms with van der Waals surface area (Å²) < 4.78 is 11.3. The first kappa shape index (κ1) is 17.8. The Kier molecular flexibility index (Phi) is 6.86. The van der Waals surface area contributed by atoms with Crippen molar-refractivity contribution in [2.24, 2.45) is 4.99 Å². The molecule has 0 atom stereocenters. The fourth-order valence-corrected chi connectivity index (χ4v) is 2.64. The number of rotatable bonds is 5. The van der Waals surface area contributed by atoms with Crippen LogP contribution in [-0.2, 0) is 22.6 Å². The molecule has 1 saturated heterocycles. The van der Waals surface area contributed by atoms with E-state index < -0.39 is 0 Å². The Hall–Kier alpha value is -1.59. The summed E-state index contributed by atoms with van der Waals surface area (Å²) in [5, 5.41) is 0. The zero-order valence-electron chi connectivity index (χ0n) is 14.8. The number of benzene rings is 1. The van der Waals surface area contributed by atoms with E-state index in [0.717, 1.165) is 32.0 Å². The monoisotopic (exact) mass is 319 g/mol. The molecule has 1 fully saturated rings. The lowest BCUT2D eigenvalue weighted by Crippen LogP contribution is -2.35. The van der Waals surface area contributed by atoms with E-state index in [1.165, 1.54) is 11.1 Å². The molecule has 0 bridgehead atoms. The van der Waals surface area contributed by atoms with Gasteiger partial charge in [-0.15, -0.1) is 0 Å². The number of guanidine groups is 1. The fourth-order valence-electron chi connectivity index (χ4n) is 2.64. The summed E-state index contributed by atoms with van der Waals surface area (Å²) in [7, 11) is 8.04. The van der Waals surface area contributed by atoms with E-state index in [4.69, 9.17) is 9.47 Å². The van der Waals surface area contributed by atoms with Crippen molar-refractivity contribution in [2.75, 3.05) is 41.4 Å². The van der Waals surface area contributed by atoms with Crippen LogP contribution in [0, 0.1) is 0 Å². The minimum absolute atomic E-state index is 0.343. The summed E-state index contributed by atoms with van der Waals surface area (Å²) >= 11 is 0. The molecule has 0 N–H and O–H groups in total. The molecule has 5 nitrogen and oxygen atoms in total. The first-order chi connectivity index (χ1) is 11.1. The number of aliphatic imine (C=N–C) groups is 1. The second-order valence-corrected chi connectivity index (χ2v) is 6.34. The third-order valence-electron chi connectivity index (χ3n) is 3.88. The molecule has 0 unspecified atom stereocenters. The molecule has 1 aliphatic rings. The second kappa shape index (κ2) is 8.89. The molecule has 0 spiro atoms. The maximum atomic E-state index is 5.95. The van der Waals surface area contributed by atoms with Crippen LogP contribution in [0.1, 0.15) is 24.0 Å². The molecule has 0 saturated carbocycles. The van der Waals surface area contributed by atoms with E-state index in [-0.39, 0.29) is 0 Å². The van der Waals surface area contributed by atoms with Crippen molar-refractivity contribution >= 4 is 5.96 Å². The van der Waals surface area contributed by atoms with Crippen molar-refractivity contribution in [3.63, 3.8) is 0 Å². The van der Waals surface area contributed by atoms with Crippen LogP contribution in [0.5, 0.6) is 0 Å². The van der Waals surface area contributed by atoms with Crippen molar-refractivity contribution in [1.29, 1.82) is 0 Å². The van der Waals surface area contributed by atoms with Gasteiger partial charge in [-0.2, -0.15) is 0 Å². The first-order valence-corrected chi connectivity index (χ1v) is 8.22. The van der Waals surface area contributed by atoms with Crippen molar-refractivity contribution in [1.82, 2.24) is 9.80 Å². The van der Waals surface area contributed by atoms with Gasteiger partial charge in [-0.3, -0.25) is 0 Å². The molecule has 23 heavy (non-hydrogen) atoms. The molecule has 0 aliphatic carbocycles. The molecule has 2 rings (SSSR count). The van der Waals surface area contributed by atoms with Crippen LogP contribution in [0.4, 0.5) is 0 Å². The highest BCUT2D eigenvalue weighted by atomic mass is 16.5. The smallest absolute Gasteiger partial charge is 0.195 e. The SMILES string of the molecule is CN(C)C(=NCc1ccc(COC2CCOCC2)cc1)N(C)C. The topological polar surface area (TPSA) is 37.3 Å². The zero-order valence-corrected chi connectivity index (χ0v) is 14.8. The molecule has 1 aliphatic heterocycles. The predicted molar refractivity (Wildman–Crippen MR) is 93.6 cm³/mol. The van der Waals surface area contributed by atoms with E-state index in [9.17, 15) is 0 Å². The van der Waals surface area contributed by atoms with E-state index in [1.54, 1.807) is 0 Å². The molecule has 128 valence electrons. The Labute approximate surface area is 139 Å². The van der Waals surface area contributed by atoms with Crippen molar-refractivity contribution in [2.45, 2.75) is 32.1 Å². The Bertz CT molecular complexity index is 481. The van der Waals surface area contributed by atoms with Gasteiger partial charge >= 0.3 is 0 Å². The summed E-state index contributed by atoms with van der Waals surface area (Å²) in [6.45, 7) is 3.00. The lowest BCUT2D eigenvalue weighted by Gasteiger charge is -2.23. The molecule has 1 aromatic rings. The van der Waals surface area contributed by atoms with Gasteiger partial charge in [0.05, 0.1) is 19.3 Å². The maximum absolute atomic E-state index is 5.95. The van der Waals surface area contributed by atoms with Crippen LogP contribution in [0.15, 0.2) is 29.3 Å². The summed E-state index contributed by atoms with van der Waals surface area (Å²) in [5.74, 6) is 0.969. The van der Waals surface area contributed by atoms with Gasteiger partial charge in [-0.05, 0) is 24.0 Å². The van der Waals surface area contributed by atoms with Crippen LogP contribution in [-0.4, -0.2) is 63.3 Å². The third kappa shape index (κ3) is 5.84. The number of ether oxygens (including phenoxy) is 2. The summed E-state index contributed by atoms with van der Waals surface area (Å²) in [5.41, 5.74) is 2.42. The van der Waals surface area contributed by atoms with Gasteiger partial charge in [0.2, 0.25) is 0 Å². The molecule has 1 aromatic carbocycles. The maximum Gasteiger partial charge on any atom is 0.195 e. The number of nitrogens with zero attached hydrogens (tertiary/aromatic N) is 3. The lowest BCUT2D eigenvalue weighted by atomic mass is 10.1. The van der Waals surface area contributed by atoms with Gasteiger partial charge in [0, 0.05) is 41.4 Å². The molecule has 0 radical (unpaired) electrons. The van der Waals surface area contributed by atoms with Gasteiger partial charge < -0.3 is 19.3 Å². The highest BCUT2D eigenvalue weighted by molar-refractivity contribution is 5.79. The minimum atomic E-state index is 0.343. The summed E-state index contributed by atoms with van der Waals surface area (Å²) in [6.07, 6.45) is 2.35. The van der Waals surface area contributed by atoms with Crippen LogP contribution < -0.4 is 0 Å². The highest BCUT2D eigenvalue weighted by Crippen LogP contribution is 2.14. The van der Waals surface area contributed by atoms with Crippen molar-refractivity contribution in [3.05, 3.63) is 35.4 Å². The molecular formula is C18H29N3O2. The average molecular weight is 319 g/mol. The quantitative estimate of drug-likeness (QED) is 0.617. The molecular weight excluding hydrogens is 290 g/mol. The lowest BCUT2D eigenvalue weighted by molar-refractivity contribution is -0.0390. The Balaban J connectivity index is 1.85. The molecule has 5 heteroatoms. The minimum Gasteiger partial charge on any atom is -0.381 e. The van der Waals surface area contributed by atoms with Crippen molar-refractivity contribution in [3.8, 4) is 0 Å². The number of hydrogen-bond donors (Lipinski definition) is 0. The van der Waals surface area contributed by atoms with E-state index >= 15 is 0 Å². The fraction of sp³-hybridized carbons (Fsp3) is 0.611. The highest BCUT2D eigenvalue weighted by Gasteiger charge is 2.13. The third-order valence-corrected chi connectivity index (χ3v) is 3.88. The Morgan fingerprint density at radius 2 is 1.61 bits per heavy atom. The number of hydrogen-bond acceptors (Lipinski definition) is 3. The average Bonchev–Trinajstić information content (AvgIpc) is 2.54. The molecule has 0 aromatic heterocycles.